The molecular formula is C12H22N4O2. The quantitative estimate of drug-likeness (QED) is 0.669. The van der Waals surface area contributed by atoms with Crippen LogP contribution in [-0.2, 0) is 4.79 Å². The molecule has 0 radical (unpaired) electrons. The first kappa shape index (κ1) is 13.3. The maximum atomic E-state index is 11.5. The molecule has 2 unspecified atom stereocenters. The fourth-order valence-corrected chi connectivity index (χ4v) is 2.75. The van der Waals surface area contributed by atoms with Gasteiger partial charge in [-0.25, -0.2) is 4.79 Å². The van der Waals surface area contributed by atoms with Gasteiger partial charge in [-0.15, -0.1) is 0 Å². The van der Waals surface area contributed by atoms with Gasteiger partial charge >= 0.3 is 6.03 Å². The Hall–Kier alpha value is -1.14. The summed E-state index contributed by atoms with van der Waals surface area (Å²) in [5.41, 5.74) is 5.79. The van der Waals surface area contributed by atoms with Crippen molar-refractivity contribution in [1.29, 1.82) is 0 Å². The Balaban J connectivity index is 1.85. The van der Waals surface area contributed by atoms with Crippen molar-refractivity contribution in [3.63, 3.8) is 0 Å². The molecule has 18 heavy (non-hydrogen) atoms. The van der Waals surface area contributed by atoms with Crippen molar-refractivity contribution >= 4 is 11.9 Å². The number of amides is 3. The van der Waals surface area contributed by atoms with E-state index < -0.39 is 0 Å². The highest BCUT2D eigenvalue weighted by atomic mass is 16.2. The number of nitrogens with zero attached hydrogens (tertiary/aromatic N) is 2. The van der Waals surface area contributed by atoms with Gasteiger partial charge in [0.2, 0.25) is 5.91 Å². The molecule has 2 fully saturated rings. The maximum Gasteiger partial charge on any atom is 0.324 e. The highest BCUT2D eigenvalue weighted by Gasteiger charge is 2.30. The number of hydrogen-bond donors (Lipinski definition) is 2. The zero-order valence-electron chi connectivity index (χ0n) is 10.9. The van der Waals surface area contributed by atoms with Gasteiger partial charge in [0.05, 0.1) is 6.54 Å². The van der Waals surface area contributed by atoms with E-state index >= 15 is 0 Å². The summed E-state index contributed by atoms with van der Waals surface area (Å²) in [6, 6.07) is 0.115. The van der Waals surface area contributed by atoms with E-state index in [1.54, 1.807) is 0 Å². The Morgan fingerprint density at radius 2 is 2.17 bits per heavy atom. The molecule has 3 amide bonds. The Labute approximate surface area is 107 Å². The molecule has 2 rings (SSSR count). The summed E-state index contributed by atoms with van der Waals surface area (Å²) in [5, 5.41) is 2.53. The average molecular weight is 254 g/mol. The van der Waals surface area contributed by atoms with Gasteiger partial charge in [-0.3, -0.25) is 14.6 Å². The first-order valence-electron chi connectivity index (χ1n) is 6.64. The highest BCUT2D eigenvalue weighted by molar-refractivity contribution is 6.01. The van der Waals surface area contributed by atoms with Crippen molar-refractivity contribution < 1.29 is 9.59 Å². The number of carbonyl (C=O) groups excluding carboxylic acids is 2. The Kier molecular flexibility index (Phi) is 4.19. The van der Waals surface area contributed by atoms with Crippen molar-refractivity contribution in [3.05, 3.63) is 0 Å². The highest BCUT2D eigenvalue weighted by Crippen LogP contribution is 2.21. The molecular weight excluding hydrogens is 232 g/mol. The summed E-state index contributed by atoms with van der Waals surface area (Å²) < 4.78 is 0. The van der Waals surface area contributed by atoms with Crippen molar-refractivity contribution in [1.82, 2.24) is 15.1 Å². The van der Waals surface area contributed by atoms with Crippen LogP contribution in [0, 0.1) is 5.92 Å². The molecule has 6 nitrogen and oxygen atoms in total. The van der Waals surface area contributed by atoms with Gasteiger partial charge in [-0.05, 0) is 25.3 Å². The van der Waals surface area contributed by atoms with Gasteiger partial charge in [0.25, 0.3) is 0 Å². The van der Waals surface area contributed by atoms with E-state index in [9.17, 15) is 9.59 Å². The van der Waals surface area contributed by atoms with Crippen molar-refractivity contribution in [3.8, 4) is 0 Å². The zero-order chi connectivity index (χ0) is 13.1. The molecule has 3 N–H and O–H groups in total. The molecule has 2 heterocycles. The molecule has 0 aromatic heterocycles. The average Bonchev–Trinajstić information content (AvgIpc) is 2.68. The van der Waals surface area contributed by atoms with Crippen LogP contribution in [0.5, 0.6) is 0 Å². The first-order valence-corrected chi connectivity index (χ1v) is 6.64. The summed E-state index contributed by atoms with van der Waals surface area (Å²) in [6.45, 7) is 5.23. The molecule has 0 aromatic rings. The molecule has 0 bridgehead atoms. The van der Waals surface area contributed by atoms with E-state index in [4.69, 9.17) is 5.73 Å². The van der Waals surface area contributed by atoms with Crippen molar-refractivity contribution in [2.75, 3.05) is 32.7 Å². The van der Waals surface area contributed by atoms with Crippen LogP contribution in [0.25, 0.3) is 0 Å². The van der Waals surface area contributed by atoms with Crippen LogP contribution in [0.4, 0.5) is 4.79 Å². The first-order chi connectivity index (χ1) is 8.61. The topological polar surface area (TPSA) is 78.7 Å². The third-order valence-corrected chi connectivity index (χ3v) is 3.92. The van der Waals surface area contributed by atoms with E-state index in [0.717, 1.165) is 25.9 Å². The Morgan fingerprint density at radius 3 is 2.78 bits per heavy atom. The summed E-state index contributed by atoms with van der Waals surface area (Å²) >= 11 is 0. The summed E-state index contributed by atoms with van der Waals surface area (Å²) in [7, 11) is 0. The number of piperidine rings is 1. The lowest BCUT2D eigenvalue weighted by Gasteiger charge is -2.38. The van der Waals surface area contributed by atoms with Crippen LogP contribution in [0.15, 0.2) is 0 Å². The Morgan fingerprint density at radius 1 is 1.39 bits per heavy atom. The summed E-state index contributed by atoms with van der Waals surface area (Å²) in [4.78, 5) is 26.5. The number of rotatable bonds is 4. The molecule has 0 saturated carbocycles. The van der Waals surface area contributed by atoms with Gasteiger partial charge in [0.15, 0.2) is 0 Å². The van der Waals surface area contributed by atoms with Gasteiger partial charge in [0, 0.05) is 25.7 Å². The molecule has 0 aliphatic carbocycles. The SMILES string of the molecule is CC1CCN(CCN2C(=O)CNC2=O)C(CN)C1. The van der Waals surface area contributed by atoms with E-state index in [2.05, 4.69) is 17.1 Å². The lowest BCUT2D eigenvalue weighted by Crippen LogP contribution is -2.49. The van der Waals surface area contributed by atoms with Gasteiger partial charge in [-0.2, -0.15) is 0 Å². The van der Waals surface area contributed by atoms with Gasteiger partial charge < -0.3 is 11.1 Å². The maximum absolute atomic E-state index is 11.5. The number of carbonyl (C=O) groups is 2. The van der Waals surface area contributed by atoms with Crippen LogP contribution in [0.1, 0.15) is 19.8 Å². The molecule has 0 aromatic carbocycles. The van der Waals surface area contributed by atoms with Crippen LogP contribution >= 0.6 is 0 Å². The number of urea groups is 1. The smallest absolute Gasteiger partial charge is 0.324 e. The lowest BCUT2D eigenvalue weighted by molar-refractivity contribution is -0.125. The fourth-order valence-electron chi connectivity index (χ4n) is 2.75. The number of nitrogens with one attached hydrogen (secondary N) is 1. The molecule has 2 atom stereocenters. The van der Waals surface area contributed by atoms with Crippen molar-refractivity contribution in [2.24, 2.45) is 11.7 Å². The van der Waals surface area contributed by atoms with Crippen LogP contribution in [0.2, 0.25) is 0 Å². The van der Waals surface area contributed by atoms with Crippen molar-refractivity contribution in [2.45, 2.75) is 25.8 Å². The molecule has 102 valence electrons. The standard InChI is InChI=1S/C12H22N4O2/c1-9-2-3-15(10(6-9)7-13)4-5-16-11(17)8-14-12(16)18/h9-10H,2-8,13H2,1H3,(H,14,18). The van der Waals surface area contributed by atoms with Gasteiger partial charge in [0.1, 0.15) is 0 Å². The second kappa shape index (κ2) is 5.67. The predicted molar refractivity (Wildman–Crippen MR) is 67.9 cm³/mol. The third kappa shape index (κ3) is 2.81. The number of hydrogen-bond acceptors (Lipinski definition) is 4. The number of likely N-dealkylation sites (tertiary alicyclic amines) is 1. The number of nitrogens with two attached hydrogens (primary N) is 1. The molecule has 2 saturated heterocycles. The van der Waals surface area contributed by atoms with Gasteiger partial charge in [-0.1, -0.05) is 6.92 Å². The van der Waals surface area contributed by atoms with E-state index in [1.807, 2.05) is 0 Å². The Bertz CT molecular complexity index is 318. The number of imide groups is 1. The van der Waals surface area contributed by atoms with Crippen LogP contribution < -0.4 is 11.1 Å². The largest absolute Gasteiger partial charge is 0.329 e. The fraction of sp³-hybridized carbons (Fsp3) is 0.833. The third-order valence-electron chi connectivity index (χ3n) is 3.92. The van der Waals surface area contributed by atoms with Crippen LogP contribution in [0.3, 0.4) is 0 Å². The molecule has 0 spiro atoms. The minimum atomic E-state index is -0.269. The summed E-state index contributed by atoms with van der Waals surface area (Å²) in [6.07, 6.45) is 2.27. The second-order valence-corrected chi connectivity index (χ2v) is 5.26. The second-order valence-electron chi connectivity index (χ2n) is 5.26. The van der Waals surface area contributed by atoms with E-state index in [0.29, 0.717) is 25.0 Å². The normalized spacial score (nSPS) is 29.8. The predicted octanol–water partition coefficient (Wildman–Crippen LogP) is -0.403. The summed E-state index contributed by atoms with van der Waals surface area (Å²) in [5.74, 6) is 0.584. The van der Waals surface area contributed by atoms with E-state index in [-0.39, 0.29) is 18.5 Å². The lowest BCUT2D eigenvalue weighted by atomic mass is 9.92. The molecule has 6 heteroatoms. The zero-order valence-corrected chi connectivity index (χ0v) is 10.9. The minimum Gasteiger partial charge on any atom is -0.329 e. The monoisotopic (exact) mass is 254 g/mol. The molecule has 2 aliphatic rings. The molecule has 2 aliphatic heterocycles. The minimum absolute atomic E-state index is 0.130. The van der Waals surface area contributed by atoms with E-state index in [1.165, 1.54) is 4.90 Å². The van der Waals surface area contributed by atoms with Crippen LogP contribution in [-0.4, -0.2) is 60.5 Å².